The minimum atomic E-state index is -5.29. The van der Waals surface area contributed by atoms with E-state index in [1.807, 2.05) is 0 Å². The number of carbonyl (C=O) groups excluding carboxylic acids is 4. The van der Waals surface area contributed by atoms with E-state index in [1.165, 1.54) is 39.9 Å². The van der Waals surface area contributed by atoms with Gasteiger partial charge in [0.05, 0.1) is 33.9 Å². The Morgan fingerprint density at radius 3 is 2.03 bits per heavy atom. The zero-order valence-electron chi connectivity index (χ0n) is 41.7. The molecule has 1 aliphatic carbocycles. The number of halogens is 11. The first-order valence-corrected chi connectivity index (χ1v) is 26.5. The van der Waals surface area contributed by atoms with Gasteiger partial charge in [-0.1, -0.05) is 37.4 Å². The number of alkyl carbamates (subject to hydrolysis) is 1. The number of nitrogens with one attached hydrogen (secondary N) is 2. The third kappa shape index (κ3) is 12.8. The summed E-state index contributed by atoms with van der Waals surface area (Å²) in [4.78, 5) is 58.2. The smallest absolute Gasteiger partial charge is 0.435 e. The number of anilines is 1. The molecule has 1 aliphatic rings. The molecule has 5 aromatic rings. The van der Waals surface area contributed by atoms with Crippen molar-refractivity contribution in [2.24, 2.45) is 5.92 Å². The molecule has 3 atom stereocenters. The van der Waals surface area contributed by atoms with Crippen molar-refractivity contribution in [3.05, 3.63) is 93.0 Å². The van der Waals surface area contributed by atoms with Gasteiger partial charge in [-0.05, 0) is 88.8 Å². The number of hydrogen-bond donors (Lipinski definition) is 2. The lowest BCUT2D eigenvalue weighted by Gasteiger charge is -2.24. The fourth-order valence-corrected chi connectivity index (χ4v) is 9.41. The Kier molecular flexibility index (Phi) is 15.9. The summed E-state index contributed by atoms with van der Waals surface area (Å²) < 4.78 is 203. The van der Waals surface area contributed by atoms with Crippen molar-refractivity contribution in [2.75, 3.05) is 16.8 Å². The molecule has 0 aliphatic heterocycles. The Morgan fingerprint density at radius 1 is 0.883 bits per heavy atom. The molecular weight excluding hydrogens is 1110 g/mol. The molecule has 0 radical (unpaired) electrons. The van der Waals surface area contributed by atoms with Crippen molar-refractivity contribution >= 4 is 72.0 Å². The molecule has 416 valence electrons. The highest BCUT2D eigenvalue weighted by molar-refractivity contribution is 7.93. The van der Waals surface area contributed by atoms with E-state index in [4.69, 9.17) is 16.3 Å². The van der Waals surface area contributed by atoms with Crippen LogP contribution in [0, 0.1) is 29.4 Å². The maximum Gasteiger partial charge on any atom is 0.435 e. The maximum absolute atomic E-state index is 15.8. The number of alkyl halides is 8. The van der Waals surface area contributed by atoms with Gasteiger partial charge in [-0.25, -0.2) is 35.4 Å². The summed E-state index contributed by atoms with van der Waals surface area (Å²) in [5, 5.41) is 9.62. The summed E-state index contributed by atoms with van der Waals surface area (Å²) in [5.74, 6) is -11.2. The van der Waals surface area contributed by atoms with Gasteiger partial charge >= 0.3 is 30.3 Å². The lowest BCUT2D eigenvalue weighted by atomic mass is 9.93. The molecule has 0 saturated heterocycles. The van der Waals surface area contributed by atoms with Crippen LogP contribution < -0.4 is 14.9 Å². The van der Waals surface area contributed by atoms with Gasteiger partial charge in [0.1, 0.15) is 46.5 Å². The molecular formula is C47H45ClF10N8O9S2. The molecule has 0 spiro atoms. The number of imide groups is 1. The molecule has 2 N–H and O–H groups in total. The van der Waals surface area contributed by atoms with Crippen LogP contribution in [0.1, 0.15) is 94.3 Å². The van der Waals surface area contributed by atoms with E-state index >= 15 is 8.78 Å². The van der Waals surface area contributed by atoms with E-state index in [0.717, 1.165) is 56.5 Å². The van der Waals surface area contributed by atoms with Crippen LogP contribution in [0.15, 0.2) is 42.5 Å². The van der Waals surface area contributed by atoms with Gasteiger partial charge in [0.15, 0.2) is 21.3 Å². The SMILES string of the molecule is C[C@@H]1c2c(C(F)(F)F)nn(CC(=O)N[C@@H](Cc3cc(F)cc(F)c3)c3nc(C#CC(C)(C)S(C)(=O)=O)ccc3-c3ccc(Cl)c4c(N(C(=O)C(=O)NC(=O)OC(C)(C)C)S(C)(=O)=O)nn(CC(F)(F)F)c34)c2C(F)(F)[C@@H]1C. The van der Waals surface area contributed by atoms with Gasteiger partial charge in [0.2, 0.25) is 15.9 Å². The standard InChI is InChI=1S/C47H45ClF10N8O9S2/c1-22-23(2)46(54,55)38-33(22)37(47(56,57)58)62-64(38)20-32(67)60-31(18-24-16-25(49)19-26(50)17-24)35-28(11-10-27(59-35)14-15-44(6,7)76(8,71)72)29-12-13-30(48)34-36(29)65(21-45(51,52)53)63-39(34)66(77(9,73)74)41(69)40(68)61-42(70)75-43(3,4)5/h10-13,16-17,19,22-23,31H,18,20-21H2,1-9H3,(H,60,67)(H,61,68,70)/t22-,23+,31-/m0/s1. The first-order valence-electron chi connectivity index (χ1n) is 22.4. The topological polar surface area (TPSA) is 222 Å². The highest BCUT2D eigenvalue weighted by atomic mass is 35.5. The van der Waals surface area contributed by atoms with E-state index in [2.05, 4.69) is 32.3 Å². The average Bonchev–Trinajstić information content (AvgIpc) is 3.87. The molecule has 4 amide bonds. The van der Waals surface area contributed by atoms with Crippen LogP contribution in [0.3, 0.4) is 0 Å². The molecule has 0 fully saturated rings. The van der Waals surface area contributed by atoms with Crippen molar-refractivity contribution in [3.8, 4) is 23.0 Å². The molecule has 3 aromatic heterocycles. The number of hydrogen-bond acceptors (Lipinski definition) is 12. The fraction of sp³-hybridized carbons (Fsp3) is 0.426. The van der Waals surface area contributed by atoms with E-state index in [9.17, 15) is 71.1 Å². The number of amides is 4. The van der Waals surface area contributed by atoms with Crippen LogP contribution >= 0.6 is 11.6 Å². The normalized spacial score (nSPS) is 16.3. The van der Waals surface area contributed by atoms with Crippen molar-refractivity contribution in [3.63, 3.8) is 0 Å². The maximum atomic E-state index is 15.8. The van der Waals surface area contributed by atoms with Crippen molar-refractivity contribution in [1.29, 1.82) is 0 Å². The van der Waals surface area contributed by atoms with Gasteiger partial charge in [0, 0.05) is 34.9 Å². The Hall–Kier alpha value is -6.80. The van der Waals surface area contributed by atoms with E-state index in [0.29, 0.717) is 12.3 Å². The molecule has 30 heteroatoms. The Balaban J connectivity index is 1.66. The summed E-state index contributed by atoms with van der Waals surface area (Å²) in [6.07, 6.45) is -11.7. The lowest BCUT2D eigenvalue weighted by Crippen LogP contribution is -2.48. The molecule has 0 bridgehead atoms. The molecule has 77 heavy (non-hydrogen) atoms. The highest BCUT2D eigenvalue weighted by Crippen LogP contribution is 2.55. The first kappa shape index (κ1) is 59.4. The molecule has 0 saturated carbocycles. The second kappa shape index (κ2) is 20.5. The summed E-state index contributed by atoms with van der Waals surface area (Å²) in [6.45, 7) is 5.12. The number of rotatable bonds is 11. The van der Waals surface area contributed by atoms with E-state index in [1.54, 1.807) is 0 Å². The number of nitrogens with zero attached hydrogens (tertiary/aromatic N) is 6. The summed E-state index contributed by atoms with van der Waals surface area (Å²) >= 11 is 6.60. The summed E-state index contributed by atoms with van der Waals surface area (Å²) in [6, 6.07) is 4.22. The van der Waals surface area contributed by atoms with Gasteiger partial charge in [-0.2, -0.15) is 49.6 Å². The molecule has 17 nitrogen and oxygen atoms in total. The predicted octanol–water partition coefficient (Wildman–Crippen LogP) is 8.27. The molecule has 2 aromatic carbocycles. The third-order valence-electron chi connectivity index (χ3n) is 12.0. The fourth-order valence-electron chi connectivity index (χ4n) is 8.12. The zero-order valence-corrected chi connectivity index (χ0v) is 44.1. The van der Waals surface area contributed by atoms with E-state index < -0.39 is 177 Å². The number of ether oxygens (including phenoxy) is 1. The van der Waals surface area contributed by atoms with Crippen molar-refractivity contribution in [2.45, 2.75) is 109 Å². The number of sulfone groups is 1. The number of pyridine rings is 1. The number of benzene rings is 2. The molecule has 0 unspecified atom stereocenters. The second-order valence-electron chi connectivity index (χ2n) is 19.4. The van der Waals surface area contributed by atoms with Crippen molar-refractivity contribution < 1.29 is 84.7 Å². The monoisotopic (exact) mass is 1150 g/mol. The Labute approximate surface area is 437 Å². The number of fused-ring (bicyclic) bond motifs is 2. The average molecular weight is 1160 g/mol. The zero-order chi connectivity index (χ0) is 58.1. The van der Waals surface area contributed by atoms with Gasteiger partial charge in [0.25, 0.3) is 5.92 Å². The van der Waals surface area contributed by atoms with Crippen LogP contribution in [0.2, 0.25) is 5.02 Å². The van der Waals surface area contributed by atoms with Crippen LogP contribution in [0.4, 0.5) is 54.5 Å². The number of carbonyl (C=O) groups is 4. The van der Waals surface area contributed by atoms with Crippen LogP contribution in [0.5, 0.6) is 0 Å². The predicted molar refractivity (Wildman–Crippen MR) is 256 cm³/mol. The lowest BCUT2D eigenvalue weighted by molar-refractivity contribution is -0.143. The Morgan fingerprint density at radius 2 is 1.48 bits per heavy atom. The van der Waals surface area contributed by atoms with Crippen molar-refractivity contribution in [1.82, 2.24) is 35.2 Å². The quantitative estimate of drug-likeness (QED) is 0.0725. The molecule has 3 heterocycles. The second-order valence-corrected chi connectivity index (χ2v) is 24.2. The van der Waals surface area contributed by atoms with Crippen LogP contribution in [-0.4, -0.2) is 94.2 Å². The van der Waals surface area contributed by atoms with Gasteiger partial charge in [-0.15, -0.1) is 0 Å². The largest absolute Gasteiger partial charge is 0.444 e. The van der Waals surface area contributed by atoms with Gasteiger partial charge < -0.3 is 10.1 Å². The molecule has 6 rings (SSSR count). The first-order chi connectivity index (χ1) is 35.0. The minimum Gasteiger partial charge on any atom is -0.444 e. The minimum absolute atomic E-state index is 0.115. The summed E-state index contributed by atoms with van der Waals surface area (Å²) in [7, 11) is -9.11. The third-order valence-corrected chi connectivity index (χ3v) is 15.2. The number of sulfonamides is 1. The highest BCUT2D eigenvalue weighted by Gasteiger charge is 2.57. The Bertz CT molecular complexity index is 3530. The van der Waals surface area contributed by atoms with Gasteiger partial charge in [-0.3, -0.25) is 29.1 Å². The summed E-state index contributed by atoms with van der Waals surface area (Å²) in [5.41, 5.74) is -8.03. The number of aromatic nitrogens is 5. The van der Waals surface area contributed by atoms with Crippen LogP contribution in [-0.2, 0) is 70.6 Å². The van der Waals surface area contributed by atoms with Crippen LogP contribution in [0.25, 0.3) is 22.0 Å². The van der Waals surface area contributed by atoms with E-state index in [-0.39, 0.29) is 24.9 Å².